The molecular formula is C26H26N4O3. The first kappa shape index (κ1) is 22.0. The zero-order chi connectivity index (χ0) is 23.0. The summed E-state index contributed by atoms with van der Waals surface area (Å²) in [6.07, 6.45) is 1.81. The molecule has 0 fully saturated rings. The minimum atomic E-state index is -0.253. The number of carbonyl (C=O) groups excluding carboxylic acids is 1. The number of nitrogens with zero attached hydrogens (tertiary/aromatic N) is 3. The zero-order valence-electron chi connectivity index (χ0n) is 18.6. The topological polar surface area (TPSA) is 68.6 Å². The van der Waals surface area contributed by atoms with Crippen LogP contribution >= 0.6 is 0 Å². The lowest BCUT2D eigenvalue weighted by atomic mass is 10.2. The molecule has 1 aromatic heterocycles. The Balaban J connectivity index is 1.36. The molecule has 0 saturated carbocycles. The van der Waals surface area contributed by atoms with Crippen LogP contribution in [0.4, 0.5) is 10.6 Å². The maximum absolute atomic E-state index is 12.7. The van der Waals surface area contributed by atoms with Gasteiger partial charge in [-0.25, -0.2) is 9.48 Å². The lowest BCUT2D eigenvalue weighted by molar-refractivity contribution is 0.220. The number of benzene rings is 3. The number of carbonyl (C=O) groups is 1. The van der Waals surface area contributed by atoms with Crippen LogP contribution in [-0.4, -0.2) is 34.9 Å². The van der Waals surface area contributed by atoms with Gasteiger partial charge in [-0.1, -0.05) is 54.6 Å². The summed E-state index contributed by atoms with van der Waals surface area (Å²) >= 11 is 0. The van der Waals surface area contributed by atoms with Gasteiger partial charge in [-0.05, 0) is 35.4 Å². The lowest BCUT2D eigenvalue weighted by Gasteiger charge is -2.18. The molecule has 0 spiro atoms. The number of urea groups is 1. The van der Waals surface area contributed by atoms with Gasteiger partial charge in [0.25, 0.3) is 0 Å². The first-order valence-electron chi connectivity index (χ1n) is 10.6. The second kappa shape index (κ2) is 10.4. The summed E-state index contributed by atoms with van der Waals surface area (Å²) in [5.74, 6) is 1.76. The van der Waals surface area contributed by atoms with E-state index in [9.17, 15) is 4.79 Å². The van der Waals surface area contributed by atoms with Gasteiger partial charge in [-0.3, -0.25) is 5.32 Å². The van der Waals surface area contributed by atoms with Crippen molar-refractivity contribution in [3.8, 4) is 17.2 Å². The van der Waals surface area contributed by atoms with E-state index in [1.807, 2.05) is 85.1 Å². The van der Waals surface area contributed by atoms with Crippen LogP contribution in [0.2, 0.25) is 0 Å². The lowest BCUT2D eigenvalue weighted by Crippen LogP contribution is -2.31. The van der Waals surface area contributed by atoms with Gasteiger partial charge in [0.05, 0.1) is 12.8 Å². The van der Waals surface area contributed by atoms with Crippen molar-refractivity contribution in [1.82, 2.24) is 14.7 Å². The van der Waals surface area contributed by atoms with Crippen molar-refractivity contribution >= 4 is 11.8 Å². The highest BCUT2D eigenvalue weighted by atomic mass is 16.5. The third-order valence-corrected chi connectivity index (χ3v) is 5.08. The first-order chi connectivity index (χ1) is 16.1. The molecule has 0 bridgehead atoms. The molecule has 3 aromatic carbocycles. The van der Waals surface area contributed by atoms with Crippen LogP contribution < -0.4 is 14.8 Å². The van der Waals surface area contributed by atoms with Gasteiger partial charge >= 0.3 is 6.03 Å². The number of anilines is 1. The van der Waals surface area contributed by atoms with Gasteiger partial charge in [0, 0.05) is 25.9 Å². The predicted molar refractivity (Wildman–Crippen MR) is 128 cm³/mol. The van der Waals surface area contributed by atoms with Gasteiger partial charge in [-0.2, -0.15) is 0 Å². The van der Waals surface area contributed by atoms with Crippen LogP contribution in [0.25, 0.3) is 5.69 Å². The average molecular weight is 443 g/mol. The number of hydrogen-bond acceptors (Lipinski definition) is 4. The molecule has 4 rings (SSSR count). The van der Waals surface area contributed by atoms with E-state index in [4.69, 9.17) is 9.47 Å². The second-order valence-corrected chi connectivity index (χ2v) is 7.53. The van der Waals surface area contributed by atoms with Crippen molar-refractivity contribution < 1.29 is 14.3 Å². The predicted octanol–water partition coefficient (Wildman–Crippen LogP) is 5.12. The minimum absolute atomic E-state index is 0.253. The number of methoxy groups -OCH3 is 1. The Morgan fingerprint density at radius 1 is 0.939 bits per heavy atom. The van der Waals surface area contributed by atoms with Gasteiger partial charge in [0.2, 0.25) is 0 Å². The second-order valence-electron chi connectivity index (χ2n) is 7.53. The Labute approximate surface area is 193 Å². The molecule has 0 aliphatic rings. The SMILES string of the molecule is COc1cc(CN(C)C(=O)Nc2ccn(-c3ccccc3)n2)ccc1OCc1ccccc1. The molecule has 0 unspecified atom stereocenters. The van der Waals surface area contributed by atoms with E-state index in [0.717, 1.165) is 16.8 Å². The molecule has 2 amide bonds. The van der Waals surface area contributed by atoms with E-state index in [-0.39, 0.29) is 6.03 Å². The summed E-state index contributed by atoms with van der Waals surface area (Å²) in [7, 11) is 3.34. The Morgan fingerprint density at radius 2 is 1.67 bits per heavy atom. The van der Waals surface area contributed by atoms with Crippen LogP contribution in [0.5, 0.6) is 11.5 Å². The van der Waals surface area contributed by atoms with Crippen molar-refractivity contribution in [2.75, 3.05) is 19.5 Å². The molecule has 7 nitrogen and oxygen atoms in total. The first-order valence-corrected chi connectivity index (χ1v) is 10.6. The Kier molecular flexibility index (Phi) is 6.90. The van der Waals surface area contributed by atoms with Crippen LogP contribution in [0.15, 0.2) is 91.1 Å². The van der Waals surface area contributed by atoms with Crippen molar-refractivity contribution in [1.29, 1.82) is 0 Å². The normalized spacial score (nSPS) is 10.5. The smallest absolute Gasteiger partial charge is 0.323 e. The molecule has 168 valence electrons. The number of hydrogen-bond donors (Lipinski definition) is 1. The van der Waals surface area contributed by atoms with E-state index >= 15 is 0 Å². The number of para-hydroxylation sites is 1. The van der Waals surface area contributed by atoms with Gasteiger partial charge in [-0.15, -0.1) is 5.10 Å². The van der Waals surface area contributed by atoms with Crippen LogP contribution in [0.3, 0.4) is 0 Å². The van der Waals surface area contributed by atoms with Gasteiger partial charge in [0.1, 0.15) is 6.61 Å². The molecule has 0 aliphatic heterocycles. The highest BCUT2D eigenvalue weighted by Crippen LogP contribution is 2.29. The van der Waals surface area contributed by atoms with Crippen molar-refractivity contribution in [3.63, 3.8) is 0 Å². The highest BCUT2D eigenvalue weighted by molar-refractivity contribution is 5.88. The van der Waals surface area contributed by atoms with Crippen molar-refractivity contribution in [2.24, 2.45) is 0 Å². The van der Waals surface area contributed by atoms with E-state index in [2.05, 4.69) is 10.4 Å². The Bertz CT molecular complexity index is 1190. The molecule has 0 saturated heterocycles. The van der Waals surface area contributed by atoms with Gasteiger partial charge < -0.3 is 14.4 Å². The summed E-state index contributed by atoms with van der Waals surface area (Å²) in [5.41, 5.74) is 2.93. The van der Waals surface area contributed by atoms with E-state index in [1.54, 1.807) is 29.8 Å². The third-order valence-electron chi connectivity index (χ3n) is 5.08. The maximum atomic E-state index is 12.7. The van der Waals surface area contributed by atoms with Crippen LogP contribution in [0, 0.1) is 0 Å². The maximum Gasteiger partial charge on any atom is 0.323 e. The molecule has 0 aliphatic carbocycles. The van der Waals surface area contributed by atoms with Crippen molar-refractivity contribution in [3.05, 3.63) is 102 Å². The monoisotopic (exact) mass is 442 g/mol. The van der Waals surface area contributed by atoms with E-state index in [1.165, 1.54) is 0 Å². The number of rotatable bonds is 8. The molecule has 1 N–H and O–H groups in total. The number of amides is 2. The summed E-state index contributed by atoms with van der Waals surface area (Å²) in [6.45, 7) is 0.856. The minimum Gasteiger partial charge on any atom is -0.493 e. The average Bonchev–Trinajstić information content (AvgIpc) is 3.32. The zero-order valence-corrected chi connectivity index (χ0v) is 18.6. The van der Waals surface area contributed by atoms with Crippen LogP contribution in [0.1, 0.15) is 11.1 Å². The molecule has 33 heavy (non-hydrogen) atoms. The van der Waals surface area contributed by atoms with E-state index in [0.29, 0.717) is 30.5 Å². The third kappa shape index (κ3) is 5.71. The molecule has 4 aromatic rings. The largest absolute Gasteiger partial charge is 0.493 e. The fourth-order valence-electron chi connectivity index (χ4n) is 3.33. The van der Waals surface area contributed by atoms with Gasteiger partial charge in [0.15, 0.2) is 17.3 Å². The number of ether oxygens (including phenoxy) is 2. The van der Waals surface area contributed by atoms with Crippen molar-refractivity contribution in [2.45, 2.75) is 13.2 Å². The molecule has 1 heterocycles. The van der Waals surface area contributed by atoms with Crippen LogP contribution in [-0.2, 0) is 13.2 Å². The summed E-state index contributed by atoms with van der Waals surface area (Å²) in [5, 5.41) is 7.25. The molecular weight excluding hydrogens is 416 g/mol. The fourth-order valence-corrected chi connectivity index (χ4v) is 3.33. The quantitative estimate of drug-likeness (QED) is 0.411. The summed E-state index contributed by atoms with van der Waals surface area (Å²) in [6, 6.07) is 26.9. The number of nitrogens with one attached hydrogen (secondary N) is 1. The fraction of sp³-hybridized carbons (Fsp3) is 0.154. The van der Waals surface area contributed by atoms with E-state index < -0.39 is 0 Å². The summed E-state index contributed by atoms with van der Waals surface area (Å²) < 4.78 is 13.1. The molecule has 0 radical (unpaired) electrons. The number of aromatic nitrogens is 2. The Morgan fingerprint density at radius 3 is 2.39 bits per heavy atom. The molecule has 0 atom stereocenters. The highest BCUT2D eigenvalue weighted by Gasteiger charge is 2.13. The Hall–Kier alpha value is -4.26. The summed E-state index contributed by atoms with van der Waals surface area (Å²) in [4.78, 5) is 14.2. The standard InChI is InChI=1S/C26H26N4O3/c1-29(26(31)27-25-15-16-30(28-25)22-11-7-4-8-12-22)18-21-13-14-23(24(17-21)32-2)33-19-20-9-5-3-6-10-20/h3-17H,18-19H2,1-2H3,(H,27,28,31). The molecule has 7 heteroatoms.